The highest BCUT2D eigenvalue weighted by Gasteiger charge is 2.24. The highest BCUT2D eigenvalue weighted by molar-refractivity contribution is 8.03. The summed E-state index contributed by atoms with van der Waals surface area (Å²) >= 11 is 1.75. The Kier molecular flexibility index (Phi) is 5.43. The van der Waals surface area contributed by atoms with Crippen molar-refractivity contribution in [2.45, 2.75) is 25.9 Å². The molecule has 25 heavy (non-hydrogen) atoms. The molecule has 1 atom stereocenters. The lowest BCUT2D eigenvalue weighted by atomic mass is 10.2. The van der Waals surface area contributed by atoms with Crippen LogP contribution >= 0.6 is 11.8 Å². The van der Waals surface area contributed by atoms with Crippen LogP contribution in [0.1, 0.15) is 19.4 Å². The topological polar surface area (TPSA) is 31.2 Å². The fourth-order valence-electron chi connectivity index (χ4n) is 2.68. The third kappa shape index (κ3) is 4.23. The molecule has 0 spiro atoms. The Balaban J connectivity index is 1.62. The molecule has 0 amide bonds. The van der Waals surface area contributed by atoms with E-state index in [1.165, 1.54) is 21.9 Å². The van der Waals surface area contributed by atoms with Gasteiger partial charge in [0.25, 0.3) is 0 Å². The Bertz CT molecular complexity index is 768. The van der Waals surface area contributed by atoms with E-state index in [1.54, 1.807) is 11.8 Å². The van der Waals surface area contributed by atoms with Crippen molar-refractivity contribution in [2.24, 2.45) is 10.2 Å². The lowest BCUT2D eigenvalue weighted by Gasteiger charge is -2.19. The molecule has 5 heteroatoms. The molecule has 4 nitrogen and oxygen atoms in total. The fraction of sp³-hybridized carbons (Fsp3) is 0.300. The number of nitrogens with zero attached hydrogens (tertiary/aromatic N) is 4. The molecule has 0 aliphatic carbocycles. The highest BCUT2D eigenvalue weighted by Crippen LogP contribution is 2.37. The maximum atomic E-state index is 4.48. The van der Waals surface area contributed by atoms with Gasteiger partial charge in [-0.25, -0.2) is 0 Å². The molecule has 0 bridgehead atoms. The molecule has 130 valence electrons. The Hall–Kier alpha value is -2.27. The maximum absolute atomic E-state index is 4.48. The molecule has 0 saturated carbocycles. The van der Waals surface area contributed by atoms with E-state index in [4.69, 9.17) is 0 Å². The number of anilines is 1. The molecule has 2 aromatic rings. The standard InChI is InChI=1S/C20H24N4S/c1-15-16(2)25-20(24(15)4)22-21-18-10-12-19(13-11-18)23(3)14-17-8-6-5-7-9-17/h5-13,20H,14H2,1-4H3. The molecule has 1 aliphatic rings. The molecular formula is C20H24N4S. The van der Waals surface area contributed by atoms with E-state index in [9.17, 15) is 0 Å². The summed E-state index contributed by atoms with van der Waals surface area (Å²) in [6, 6.07) is 18.7. The van der Waals surface area contributed by atoms with Crippen LogP contribution in [0.2, 0.25) is 0 Å². The van der Waals surface area contributed by atoms with Crippen molar-refractivity contribution in [3.8, 4) is 0 Å². The second-order valence-corrected chi connectivity index (χ2v) is 7.54. The van der Waals surface area contributed by atoms with Crippen molar-refractivity contribution >= 4 is 23.1 Å². The summed E-state index contributed by atoms with van der Waals surface area (Å²) < 4.78 is 0. The summed E-state index contributed by atoms with van der Waals surface area (Å²) in [5.74, 6) is 0. The van der Waals surface area contributed by atoms with Crippen molar-refractivity contribution < 1.29 is 0 Å². The lowest BCUT2D eigenvalue weighted by molar-refractivity contribution is 0.402. The number of hydrogen-bond acceptors (Lipinski definition) is 5. The zero-order valence-corrected chi connectivity index (χ0v) is 16.0. The van der Waals surface area contributed by atoms with Gasteiger partial charge in [0, 0.05) is 36.9 Å². The van der Waals surface area contributed by atoms with Gasteiger partial charge >= 0.3 is 0 Å². The molecule has 1 aliphatic heterocycles. The number of thioether (sulfide) groups is 1. The van der Waals surface area contributed by atoms with E-state index in [0.717, 1.165) is 12.2 Å². The summed E-state index contributed by atoms with van der Waals surface area (Å²) in [6.07, 6.45) is 0. The molecule has 3 rings (SSSR count). The summed E-state index contributed by atoms with van der Waals surface area (Å²) in [5, 5.41) is 8.89. The first kappa shape index (κ1) is 17.5. The van der Waals surface area contributed by atoms with Gasteiger partial charge in [-0.05, 0) is 43.7 Å². The van der Waals surface area contributed by atoms with Crippen molar-refractivity contribution in [1.29, 1.82) is 0 Å². The largest absolute Gasteiger partial charge is 0.370 e. The minimum absolute atomic E-state index is 0.0421. The number of rotatable bonds is 5. The minimum atomic E-state index is 0.0421. The predicted octanol–water partition coefficient (Wildman–Crippen LogP) is 5.62. The van der Waals surface area contributed by atoms with Crippen LogP contribution in [0, 0.1) is 0 Å². The van der Waals surface area contributed by atoms with Crippen LogP contribution in [0.4, 0.5) is 11.4 Å². The first-order valence-electron chi connectivity index (χ1n) is 8.37. The number of allylic oxidation sites excluding steroid dienone is 2. The van der Waals surface area contributed by atoms with Crippen LogP contribution in [-0.2, 0) is 6.54 Å². The van der Waals surface area contributed by atoms with Gasteiger partial charge in [-0.3, -0.25) is 0 Å². The number of hydrogen-bond donors (Lipinski definition) is 0. The van der Waals surface area contributed by atoms with Gasteiger partial charge in [0.1, 0.15) is 0 Å². The van der Waals surface area contributed by atoms with E-state index in [0.29, 0.717) is 0 Å². The quantitative estimate of drug-likeness (QED) is 0.654. The van der Waals surface area contributed by atoms with Crippen LogP contribution in [0.3, 0.4) is 0 Å². The Morgan fingerprint density at radius 3 is 2.32 bits per heavy atom. The normalized spacial score (nSPS) is 17.6. The molecule has 1 unspecified atom stereocenters. The van der Waals surface area contributed by atoms with Gasteiger partial charge in [0.2, 0.25) is 0 Å². The average Bonchev–Trinajstić information content (AvgIpc) is 2.88. The predicted molar refractivity (Wildman–Crippen MR) is 107 cm³/mol. The van der Waals surface area contributed by atoms with E-state index in [-0.39, 0.29) is 5.50 Å². The molecule has 2 aromatic carbocycles. The van der Waals surface area contributed by atoms with Crippen LogP contribution in [0.25, 0.3) is 0 Å². The first-order valence-corrected chi connectivity index (χ1v) is 9.25. The van der Waals surface area contributed by atoms with Crippen LogP contribution < -0.4 is 4.90 Å². The SMILES string of the molecule is CC1=C(C)N(C)C(N=Nc2ccc(N(C)Cc3ccccc3)cc2)S1. The van der Waals surface area contributed by atoms with Crippen molar-refractivity contribution in [3.05, 3.63) is 70.8 Å². The monoisotopic (exact) mass is 352 g/mol. The molecule has 0 saturated heterocycles. The lowest BCUT2D eigenvalue weighted by Crippen LogP contribution is -2.20. The third-order valence-electron chi connectivity index (χ3n) is 4.48. The average molecular weight is 353 g/mol. The van der Waals surface area contributed by atoms with E-state index in [2.05, 4.69) is 84.4 Å². The van der Waals surface area contributed by atoms with Gasteiger partial charge in [-0.1, -0.05) is 42.1 Å². The second kappa shape index (κ2) is 7.74. The number of azo groups is 1. The number of benzene rings is 2. The van der Waals surface area contributed by atoms with Gasteiger partial charge in [-0.2, -0.15) is 10.2 Å². The van der Waals surface area contributed by atoms with Crippen LogP contribution in [0.15, 0.2) is 75.4 Å². The minimum Gasteiger partial charge on any atom is -0.370 e. The van der Waals surface area contributed by atoms with Crippen molar-refractivity contribution in [3.63, 3.8) is 0 Å². The first-order chi connectivity index (χ1) is 12.0. The molecule has 0 radical (unpaired) electrons. The summed E-state index contributed by atoms with van der Waals surface area (Å²) in [5.41, 5.74) is 4.66. The summed E-state index contributed by atoms with van der Waals surface area (Å²) in [7, 11) is 4.16. The van der Waals surface area contributed by atoms with Crippen molar-refractivity contribution in [2.75, 3.05) is 19.0 Å². The third-order valence-corrected chi connectivity index (χ3v) is 5.75. The van der Waals surface area contributed by atoms with Crippen LogP contribution in [-0.4, -0.2) is 24.5 Å². The zero-order valence-electron chi connectivity index (χ0n) is 15.2. The van der Waals surface area contributed by atoms with Gasteiger partial charge in [0.05, 0.1) is 5.69 Å². The molecule has 0 fully saturated rings. The smallest absolute Gasteiger partial charge is 0.193 e. The molecule has 1 heterocycles. The van der Waals surface area contributed by atoms with Crippen molar-refractivity contribution in [1.82, 2.24) is 4.90 Å². The van der Waals surface area contributed by atoms with E-state index >= 15 is 0 Å². The van der Waals surface area contributed by atoms with Gasteiger partial charge in [0.15, 0.2) is 5.50 Å². The Morgan fingerprint density at radius 1 is 1.04 bits per heavy atom. The van der Waals surface area contributed by atoms with E-state index in [1.807, 2.05) is 18.2 Å². The van der Waals surface area contributed by atoms with E-state index < -0.39 is 0 Å². The van der Waals surface area contributed by atoms with Crippen LogP contribution in [0.5, 0.6) is 0 Å². The highest BCUT2D eigenvalue weighted by atomic mass is 32.2. The second-order valence-electron chi connectivity index (χ2n) is 6.27. The summed E-state index contributed by atoms with van der Waals surface area (Å²) in [6.45, 7) is 5.13. The maximum Gasteiger partial charge on any atom is 0.193 e. The molecular weight excluding hydrogens is 328 g/mol. The summed E-state index contributed by atoms with van der Waals surface area (Å²) in [4.78, 5) is 5.70. The fourth-order valence-corrected chi connectivity index (χ4v) is 3.72. The zero-order chi connectivity index (χ0) is 17.8. The van der Waals surface area contributed by atoms with Gasteiger partial charge in [-0.15, -0.1) is 0 Å². The Morgan fingerprint density at radius 2 is 1.72 bits per heavy atom. The van der Waals surface area contributed by atoms with Gasteiger partial charge < -0.3 is 9.80 Å². The molecule has 0 N–H and O–H groups in total. The Labute approximate surface area is 154 Å². The molecule has 0 aromatic heterocycles.